The molecular formula is C28H43N5O5. The van der Waals surface area contributed by atoms with Crippen LogP contribution in [0, 0.1) is 23.7 Å². The highest BCUT2D eigenvalue weighted by Gasteiger charge is 2.38. The third kappa shape index (κ3) is 5.53. The summed E-state index contributed by atoms with van der Waals surface area (Å²) in [5.41, 5.74) is 7.26. The van der Waals surface area contributed by atoms with Crippen molar-refractivity contribution in [2.75, 3.05) is 39.3 Å². The van der Waals surface area contributed by atoms with Crippen molar-refractivity contribution < 1.29 is 19.4 Å². The quantitative estimate of drug-likeness (QED) is 0.565. The lowest BCUT2D eigenvalue weighted by Crippen LogP contribution is -2.49. The van der Waals surface area contributed by atoms with Crippen LogP contribution < -0.4 is 11.4 Å². The molecule has 1 aromatic carbocycles. The summed E-state index contributed by atoms with van der Waals surface area (Å²) < 4.78 is 7.98. The van der Waals surface area contributed by atoms with Crippen molar-refractivity contribution in [3.05, 3.63) is 34.2 Å². The molecule has 0 radical (unpaired) electrons. The SMILES string of the molecule is CCOC(=O)N1CCN(C(O)c2ccc3c(c2)n(CCN)c(=O)n3C(=O)[C@@H]2C[C@H](C)CC[C@H]2C(C)C)CC1. The van der Waals surface area contributed by atoms with Gasteiger partial charge in [0.1, 0.15) is 6.23 Å². The Bertz CT molecular complexity index is 1200. The Morgan fingerprint density at radius 2 is 1.84 bits per heavy atom. The summed E-state index contributed by atoms with van der Waals surface area (Å²) in [6.07, 6.45) is 1.63. The minimum Gasteiger partial charge on any atom is -0.450 e. The predicted molar refractivity (Wildman–Crippen MR) is 146 cm³/mol. The van der Waals surface area contributed by atoms with E-state index in [1.165, 1.54) is 4.57 Å². The number of carbonyl (C=O) groups is 2. The highest BCUT2D eigenvalue weighted by Crippen LogP contribution is 2.39. The van der Waals surface area contributed by atoms with Crippen LogP contribution in [-0.2, 0) is 11.3 Å². The lowest BCUT2D eigenvalue weighted by atomic mass is 9.69. The number of benzene rings is 1. The maximum absolute atomic E-state index is 13.9. The van der Waals surface area contributed by atoms with Gasteiger partial charge in [0.15, 0.2) is 0 Å². The number of nitrogens with two attached hydrogens (primary N) is 1. The summed E-state index contributed by atoms with van der Waals surface area (Å²) in [4.78, 5) is 43.1. The van der Waals surface area contributed by atoms with Crippen molar-refractivity contribution in [1.29, 1.82) is 0 Å². The number of ether oxygens (including phenoxy) is 1. The third-order valence-corrected chi connectivity index (χ3v) is 8.35. The first-order valence-electron chi connectivity index (χ1n) is 14.0. The fraction of sp³-hybridized carbons (Fsp3) is 0.679. The number of hydrogen-bond donors (Lipinski definition) is 2. The molecule has 0 spiro atoms. The van der Waals surface area contributed by atoms with E-state index in [0.29, 0.717) is 61.2 Å². The van der Waals surface area contributed by atoms with E-state index >= 15 is 0 Å². The molecule has 10 heteroatoms. The fourth-order valence-electron chi connectivity index (χ4n) is 6.22. The van der Waals surface area contributed by atoms with Gasteiger partial charge in [-0.05, 0) is 55.2 Å². The van der Waals surface area contributed by atoms with Crippen LogP contribution in [0.25, 0.3) is 11.0 Å². The van der Waals surface area contributed by atoms with Gasteiger partial charge in [-0.3, -0.25) is 14.3 Å². The molecule has 2 fully saturated rings. The molecule has 38 heavy (non-hydrogen) atoms. The molecule has 10 nitrogen and oxygen atoms in total. The number of rotatable bonds is 7. The Morgan fingerprint density at radius 3 is 2.47 bits per heavy atom. The average molecular weight is 530 g/mol. The summed E-state index contributed by atoms with van der Waals surface area (Å²) in [6, 6.07) is 5.35. The van der Waals surface area contributed by atoms with Crippen LogP contribution in [-0.4, -0.2) is 75.4 Å². The van der Waals surface area contributed by atoms with Crippen molar-refractivity contribution in [1.82, 2.24) is 18.9 Å². The van der Waals surface area contributed by atoms with Crippen LogP contribution in [0.2, 0.25) is 0 Å². The molecule has 1 aromatic heterocycles. The molecule has 0 bridgehead atoms. The van der Waals surface area contributed by atoms with Gasteiger partial charge in [-0.15, -0.1) is 0 Å². The van der Waals surface area contributed by atoms with Crippen LogP contribution in [0.4, 0.5) is 4.79 Å². The second-order valence-electron chi connectivity index (χ2n) is 11.2. The van der Waals surface area contributed by atoms with E-state index in [-0.39, 0.29) is 42.6 Å². The summed E-state index contributed by atoms with van der Waals surface area (Å²) >= 11 is 0. The number of nitrogens with zero attached hydrogens (tertiary/aromatic N) is 4. The molecule has 2 heterocycles. The largest absolute Gasteiger partial charge is 0.450 e. The Balaban J connectivity index is 1.64. The van der Waals surface area contributed by atoms with Crippen molar-refractivity contribution in [3.8, 4) is 0 Å². The molecular weight excluding hydrogens is 486 g/mol. The van der Waals surface area contributed by atoms with E-state index in [4.69, 9.17) is 10.5 Å². The second-order valence-corrected chi connectivity index (χ2v) is 11.2. The van der Waals surface area contributed by atoms with Crippen LogP contribution >= 0.6 is 0 Å². The van der Waals surface area contributed by atoms with E-state index in [9.17, 15) is 19.5 Å². The number of aliphatic hydroxyl groups excluding tert-OH is 1. The zero-order valence-electron chi connectivity index (χ0n) is 23.1. The Hall–Kier alpha value is -2.69. The van der Waals surface area contributed by atoms with Crippen molar-refractivity contribution in [3.63, 3.8) is 0 Å². The Labute approximate surface area is 224 Å². The first kappa shape index (κ1) is 28.3. The number of piperazine rings is 1. The van der Waals surface area contributed by atoms with Gasteiger partial charge >= 0.3 is 11.8 Å². The van der Waals surface area contributed by atoms with Crippen LogP contribution in [0.3, 0.4) is 0 Å². The van der Waals surface area contributed by atoms with Gasteiger partial charge in [0, 0.05) is 45.2 Å². The number of hydrogen-bond acceptors (Lipinski definition) is 7. The van der Waals surface area contributed by atoms with Crippen molar-refractivity contribution in [2.24, 2.45) is 29.4 Å². The lowest BCUT2D eigenvalue weighted by molar-refractivity contribution is -0.0264. The highest BCUT2D eigenvalue weighted by molar-refractivity contribution is 5.92. The van der Waals surface area contributed by atoms with E-state index in [2.05, 4.69) is 20.8 Å². The van der Waals surface area contributed by atoms with Crippen LogP contribution in [0.15, 0.2) is 23.0 Å². The molecule has 2 aromatic rings. The van der Waals surface area contributed by atoms with Crippen LogP contribution in [0.1, 0.15) is 63.5 Å². The summed E-state index contributed by atoms with van der Waals surface area (Å²) in [5, 5.41) is 11.2. The van der Waals surface area contributed by atoms with Gasteiger partial charge < -0.3 is 20.5 Å². The zero-order valence-corrected chi connectivity index (χ0v) is 23.1. The van der Waals surface area contributed by atoms with Gasteiger partial charge in [0.25, 0.3) is 0 Å². The molecule has 1 saturated heterocycles. The second kappa shape index (κ2) is 12.0. The third-order valence-electron chi connectivity index (χ3n) is 8.35. The highest BCUT2D eigenvalue weighted by atomic mass is 16.6. The first-order chi connectivity index (χ1) is 18.2. The van der Waals surface area contributed by atoms with Gasteiger partial charge in [-0.1, -0.05) is 33.3 Å². The summed E-state index contributed by atoms with van der Waals surface area (Å²) in [7, 11) is 0. The maximum atomic E-state index is 13.9. The first-order valence-corrected chi connectivity index (χ1v) is 14.0. The van der Waals surface area contributed by atoms with Crippen molar-refractivity contribution in [2.45, 2.75) is 59.7 Å². The minimum absolute atomic E-state index is 0.135. The summed E-state index contributed by atoms with van der Waals surface area (Å²) in [6.45, 7) is 11.0. The zero-order chi connectivity index (χ0) is 27.6. The molecule has 210 valence electrons. The molecule has 1 aliphatic heterocycles. The lowest BCUT2D eigenvalue weighted by Gasteiger charge is -2.36. The van der Waals surface area contributed by atoms with Crippen molar-refractivity contribution >= 4 is 23.0 Å². The molecule has 1 aliphatic carbocycles. The Morgan fingerprint density at radius 1 is 1.13 bits per heavy atom. The van der Waals surface area contributed by atoms with Gasteiger partial charge in [-0.25, -0.2) is 14.2 Å². The minimum atomic E-state index is -0.909. The van der Waals surface area contributed by atoms with Crippen LogP contribution in [0.5, 0.6) is 0 Å². The van der Waals surface area contributed by atoms with E-state index < -0.39 is 6.23 Å². The maximum Gasteiger partial charge on any atom is 0.409 e. The molecule has 3 N–H and O–H groups in total. The van der Waals surface area contributed by atoms with Gasteiger partial charge in [-0.2, -0.15) is 0 Å². The molecule has 2 aliphatic rings. The van der Waals surface area contributed by atoms with Gasteiger partial charge in [0.05, 0.1) is 17.6 Å². The molecule has 1 amide bonds. The number of aliphatic hydroxyl groups is 1. The standard InChI is InChI=1S/C28H43N5O5/c1-5-38-28(37)31-14-12-30(13-15-31)25(34)20-7-9-23-24(17-20)32(11-10-29)27(36)33(23)26(35)22-16-19(4)6-8-21(22)18(2)3/h7,9,17-19,21-22,25,34H,5-6,8,10-16,29H2,1-4H3/t19-,21+,22-,25?/m1/s1. The number of amides is 1. The number of aromatic nitrogens is 2. The normalized spacial score (nSPS) is 23.7. The van der Waals surface area contributed by atoms with E-state index in [1.807, 2.05) is 4.90 Å². The predicted octanol–water partition coefficient (Wildman–Crippen LogP) is 2.88. The smallest absolute Gasteiger partial charge is 0.409 e. The number of fused-ring (bicyclic) bond motifs is 1. The van der Waals surface area contributed by atoms with E-state index in [0.717, 1.165) is 19.3 Å². The summed E-state index contributed by atoms with van der Waals surface area (Å²) in [5.74, 6) is 0.709. The number of carbonyl (C=O) groups excluding carboxylic acids is 2. The molecule has 1 saturated carbocycles. The molecule has 4 atom stereocenters. The molecule has 4 rings (SSSR count). The average Bonchev–Trinajstić information content (AvgIpc) is 3.18. The topological polar surface area (TPSA) is 123 Å². The molecule has 1 unspecified atom stereocenters. The Kier molecular flexibility index (Phi) is 8.95. The fourth-order valence-corrected chi connectivity index (χ4v) is 6.22. The van der Waals surface area contributed by atoms with E-state index in [1.54, 1.807) is 34.6 Å². The number of imidazole rings is 1. The monoisotopic (exact) mass is 529 g/mol. The van der Waals surface area contributed by atoms with Gasteiger partial charge in [0.2, 0.25) is 5.91 Å².